The van der Waals surface area contributed by atoms with Crippen LogP contribution in [0.25, 0.3) is 0 Å². The summed E-state index contributed by atoms with van der Waals surface area (Å²) in [5, 5.41) is 5.32. The SMILES string of the molecule is C=CC(=O)NCC(=O)N1CCCC1C(=O)NC(C)(C)C. The first kappa shape index (κ1) is 16.2. The Morgan fingerprint density at radius 2 is 2.00 bits per heavy atom. The fraction of sp³-hybridized carbons (Fsp3) is 0.643. The summed E-state index contributed by atoms with van der Waals surface area (Å²) in [7, 11) is 0. The molecule has 0 aromatic rings. The van der Waals surface area contributed by atoms with Gasteiger partial charge in [-0.1, -0.05) is 6.58 Å². The summed E-state index contributed by atoms with van der Waals surface area (Å²) < 4.78 is 0. The van der Waals surface area contributed by atoms with Crippen LogP contribution in [0.1, 0.15) is 33.6 Å². The van der Waals surface area contributed by atoms with Crippen molar-refractivity contribution >= 4 is 17.7 Å². The number of hydrogen-bond donors (Lipinski definition) is 2. The molecule has 1 heterocycles. The van der Waals surface area contributed by atoms with Crippen LogP contribution in [0, 0.1) is 0 Å². The van der Waals surface area contributed by atoms with Crippen molar-refractivity contribution in [2.75, 3.05) is 13.1 Å². The number of nitrogens with one attached hydrogen (secondary N) is 2. The molecule has 0 bridgehead atoms. The Kier molecular flexibility index (Phi) is 5.30. The van der Waals surface area contributed by atoms with Crippen LogP contribution >= 0.6 is 0 Å². The number of carbonyl (C=O) groups is 3. The summed E-state index contributed by atoms with van der Waals surface area (Å²) in [6.07, 6.45) is 2.56. The van der Waals surface area contributed by atoms with E-state index in [0.717, 1.165) is 12.5 Å². The number of carbonyl (C=O) groups excluding carboxylic acids is 3. The van der Waals surface area contributed by atoms with Crippen molar-refractivity contribution in [2.45, 2.75) is 45.2 Å². The molecular formula is C14H23N3O3. The zero-order chi connectivity index (χ0) is 15.3. The molecule has 6 nitrogen and oxygen atoms in total. The summed E-state index contributed by atoms with van der Waals surface area (Å²) in [6, 6.07) is -0.442. The minimum Gasteiger partial charge on any atom is -0.350 e. The highest BCUT2D eigenvalue weighted by atomic mass is 16.2. The molecule has 3 amide bonds. The van der Waals surface area contributed by atoms with E-state index >= 15 is 0 Å². The second kappa shape index (κ2) is 6.54. The minimum atomic E-state index is -0.442. The fourth-order valence-electron chi connectivity index (χ4n) is 2.13. The molecule has 20 heavy (non-hydrogen) atoms. The molecule has 1 rings (SSSR count). The van der Waals surface area contributed by atoms with Crippen molar-refractivity contribution in [2.24, 2.45) is 0 Å². The molecule has 112 valence electrons. The van der Waals surface area contributed by atoms with Crippen LogP contribution in [0.3, 0.4) is 0 Å². The van der Waals surface area contributed by atoms with Gasteiger partial charge in [0.25, 0.3) is 0 Å². The summed E-state index contributed by atoms with van der Waals surface area (Å²) in [5.74, 6) is -0.779. The molecule has 2 N–H and O–H groups in total. The lowest BCUT2D eigenvalue weighted by Crippen LogP contribution is -2.52. The van der Waals surface area contributed by atoms with Crippen LogP contribution < -0.4 is 10.6 Å². The molecule has 1 unspecified atom stereocenters. The van der Waals surface area contributed by atoms with Crippen molar-refractivity contribution < 1.29 is 14.4 Å². The lowest BCUT2D eigenvalue weighted by Gasteiger charge is -2.28. The van der Waals surface area contributed by atoms with Gasteiger partial charge >= 0.3 is 0 Å². The number of amides is 3. The topological polar surface area (TPSA) is 78.5 Å². The van der Waals surface area contributed by atoms with Crippen LogP contribution in [0.5, 0.6) is 0 Å². The molecule has 0 aromatic heterocycles. The van der Waals surface area contributed by atoms with Crippen LogP contribution in [-0.4, -0.2) is 47.3 Å². The van der Waals surface area contributed by atoms with Gasteiger partial charge in [0.1, 0.15) is 6.04 Å². The van der Waals surface area contributed by atoms with E-state index in [1.165, 1.54) is 4.90 Å². The highest BCUT2D eigenvalue weighted by molar-refractivity contribution is 5.93. The Bertz CT molecular complexity index is 412. The first-order valence-electron chi connectivity index (χ1n) is 6.76. The van der Waals surface area contributed by atoms with Gasteiger partial charge in [0.2, 0.25) is 17.7 Å². The molecule has 1 fully saturated rings. The van der Waals surface area contributed by atoms with Crippen LogP contribution in [0.4, 0.5) is 0 Å². The number of nitrogens with zero attached hydrogens (tertiary/aromatic N) is 1. The van der Waals surface area contributed by atoms with E-state index < -0.39 is 11.9 Å². The molecule has 0 saturated carbocycles. The van der Waals surface area contributed by atoms with Gasteiger partial charge in [-0.25, -0.2) is 0 Å². The van der Waals surface area contributed by atoms with Crippen LogP contribution in [-0.2, 0) is 14.4 Å². The maximum Gasteiger partial charge on any atom is 0.243 e. The number of rotatable bonds is 4. The molecule has 0 radical (unpaired) electrons. The monoisotopic (exact) mass is 281 g/mol. The Morgan fingerprint density at radius 1 is 1.35 bits per heavy atom. The first-order valence-corrected chi connectivity index (χ1v) is 6.76. The summed E-state index contributed by atoms with van der Waals surface area (Å²) in [6.45, 7) is 9.46. The molecule has 1 atom stereocenters. The van der Waals surface area contributed by atoms with Gasteiger partial charge in [-0.15, -0.1) is 0 Å². The van der Waals surface area contributed by atoms with Gasteiger partial charge in [-0.05, 0) is 39.7 Å². The highest BCUT2D eigenvalue weighted by Gasteiger charge is 2.35. The van der Waals surface area contributed by atoms with Gasteiger partial charge in [0.15, 0.2) is 0 Å². The summed E-state index contributed by atoms with van der Waals surface area (Å²) >= 11 is 0. The lowest BCUT2D eigenvalue weighted by molar-refractivity contribution is -0.139. The van der Waals surface area contributed by atoms with E-state index in [4.69, 9.17) is 0 Å². The summed E-state index contributed by atoms with van der Waals surface area (Å²) in [5.41, 5.74) is -0.328. The average molecular weight is 281 g/mol. The Hall–Kier alpha value is -1.85. The van der Waals surface area contributed by atoms with Crippen molar-refractivity contribution in [1.82, 2.24) is 15.5 Å². The predicted octanol–water partition coefficient (Wildman–Crippen LogP) is 0.194. The highest BCUT2D eigenvalue weighted by Crippen LogP contribution is 2.18. The van der Waals surface area contributed by atoms with Gasteiger partial charge in [0, 0.05) is 12.1 Å². The molecule has 0 aromatic carbocycles. The maximum absolute atomic E-state index is 12.2. The molecule has 6 heteroatoms. The van der Waals surface area contributed by atoms with Crippen molar-refractivity contribution in [3.63, 3.8) is 0 Å². The van der Waals surface area contributed by atoms with Crippen molar-refractivity contribution in [3.05, 3.63) is 12.7 Å². The van der Waals surface area contributed by atoms with E-state index in [-0.39, 0.29) is 23.9 Å². The third-order valence-electron chi connectivity index (χ3n) is 2.97. The molecular weight excluding hydrogens is 258 g/mol. The summed E-state index contributed by atoms with van der Waals surface area (Å²) in [4.78, 5) is 36.8. The Balaban J connectivity index is 2.60. The molecule has 0 spiro atoms. The molecule has 1 saturated heterocycles. The van der Waals surface area contributed by atoms with E-state index in [0.29, 0.717) is 13.0 Å². The third-order valence-corrected chi connectivity index (χ3v) is 2.97. The number of hydrogen-bond acceptors (Lipinski definition) is 3. The molecule has 1 aliphatic rings. The van der Waals surface area contributed by atoms with E-state index in [1.807, 2.05) is 20.8 Å². The maximum atomic E-state index is 12.2. The minimum absolute atomic E-state index is 0.107. The van der Waals surface area contributed by atoms with Gasteiger partial charge in [-0.2, -0.15) is 0 Å². The predicted molar refractivity (Wildman–Crippen MR) is 75.8 cm³/mol. The number of likely N-dealkylation sites (tertiary alicyclic amines) is 1. The lowest BCUT2D eigenvalue weighted by atomic mass is 10.1. The van der Waals surface area contributed by atoms with E-state index in [2.05, 4.69) is 17.2 Å². The Morgan fingerprint density at radius 3 is 2.55 bits per heavy atom. The van der Waals surface area contributed by atoms with Crippen molar-refractivity contribution in [3.8, 4) is 0 Å². The van der Waals surface area contributed by atoms with Gasteiger partial charge in [-0.3, -0.25) is 14.4 Å². The first-order chi connectivity index (χ1) is 9.24. The second-order valence-corrected chi connectivity index (χ2v) is 5.91. The zero-order valence-corrected chi connectivity index (χ0v) is 12.4. The standard InChI is InChI=1S/C14H23N3O3/c1-5-11(18)15-9-12(19)17-8-6-7-10(17)13(20)16-14(2,3)4/h5,10H,1,6-9H2,2-4H3,(H,15,18)(H,16,20). The van der Waals surface area contributed by atoms with Crippen molar-refractivity contribution in [1.29, 1.82) is 0 Å². The largest absolute Gasteiger partial charge is 0.350 e. The average Bonchev–Trinajstić information content (AvgIpc) is 2.82. The van der Waals surface area contributed by atoms with E-state index in [1.54, 1.807) is 0 Å². The van der Waals surface area contributed by atoms with Crippen LogP contribution in [0.15, 0.2) is 12.7 Å². The smallest absolute Gasteiger partial charge is 0.243 e. The third kappa shape index (κ3) is 4.68. The molecule has 0 aliphatic carbocycles. The van der Waals surface area contributed by atoms with Gasteiger partial charge < -0.3 is 15.5 Å². The van der Waals surface area contributed by atoms with E-state index in [9.17, 15) is 14.4 Å². The zero-order valence-electron chi connectivity index (χ0n) is 12.4. The van der Waals surface area contributed by atoms with Crippen LogP contribution in [0.2, 0.25) is 0 Å². The Labute approximate surface area is 119 Å². The normalized spacial score (nSPS) is 18.6. The van der Waals surface area contributed by atoms with Gasteiger partial charge in [0.05, 0.1) is 6.54 Å². The fourth-order valence-corrected chi connectivity index (χ4v) is 2.13. The second-order valence-electron chi connectivity index (χ2n) is 5.91. The molecule has 1 aliphatic heterocycles. The quantitative estimate of drug-likeness (QED) is 0.722.